The van der Waals surface area contributed by atoms with Gasteiger partial charge in [0.15, 0.2) is 5.75 Å². The normalized spacial score (nSPS) is 11.7. The van der Waals surface area contributed by atoms with Crippen LogP contribution in [0.4, 0.5) is 13.2 Å². The maximum absolute atomic E-state index is 14.2. The average molecular weight is 945 g/mol. The van der Waals surface area contributed by atoms with E-state index in [2.05, 4.69) is 76.7 Å². The Morgan fingerprint density at radius 1 is 0.400 bits per heavy atom. The quantitative estimate of drug-likeness (QED) is 0.0791. The van der Waals surface area contributed by atoms with E-state index in [4.69, 9.17) is 14.2 Å². The van der Waals surface area contributed by atoms with Gasteiger partial charge >= 0.3 is 15.6 Å². The van der Waals surface area contributed by atoms with Crippen molar-refractivity contribution in [2.45, 2.75) is 31.2 Å². The number of pyridine rings is 2. The van der Waals surface area contributed by atoms with Crippen molar-refractivity contribution < 1.29 is 25.8 Å². The summed E-state index contributed by atoms with van der Waals surface area (Å²) in [7, 11) is -6.12. The van der Waals surface area contributed by atoms with Gasteiger partial charge in [0.25, 0.3) is 0 Å². The van der Waals surface area contributed by atoms with Crippen LogP contribution in [0, 0.1) is 0 Å². The minimum Gasteiger partial charge on any atom is -0.375 e. The molecule has 10 rings (SSSR count). The predicted octanol–water partition coefficient (Wildman–Crippen LogP) is 14.2. The second kappa shape index (κ2) is 19.7. The molecule has 70 heavy (non-hydrogen) atoms. The van der Waals surface area contributed by atoms with Gasteiger partial charge in [-0.3, -0.25) is 9.97 Å². The van der Waals surface area contributed by atoms with Gasteiger partial charge in [-0.2, -0.15) is 21.6 Å². The average Bonchev–Trinajstić information content (AvgIpc) is 3.40. The van der Waals surface area contributed by atoms with Gasteiger partial charge in [-0.05, 0) is 113 Å². The molecule has 0 spiro atoms. The van der Waals surface area contributed by atoms with Crippen LogP contribution in [0.5, 0.6) is 5.75 Å². The molecule has 0 N–H and O–H groups in total. The molecule has 7 nitrogen and oxygen atoms in total. The highest BCUT2D eigenvalue weighted by Gasteiger charge is 2.49. The predicted molar refractivity (Wildman–Crippen MR) is 271 cm³/mol. The Bertz CT molecular complexity index is 3450. The lowest BCUT2D eigenvalue weighted by Crippen LogP contribution is -2.28. The van der Waals surface area contributed by atoms with Gasteiger partial charge in [0.1, 0.15) is 0 Å². The van der Waals surface area contributed by atoms with Crippen molar-refractivity contribution in [1.29, 1.82) is 0 Å². The van der Waals surface area contributed by atoms with E-state index in [1.807, 2.05) is 97.1 Å². The largest absolute Gasteiger partial charge is 0.534 e. The number of nitrogens with zero attached hydrogens (tertiary/aromatic N) is 4. The van der Waals surface area contributed by atoms with Crippen molar-refractivity contribution >= 4 is 21.2 Å². The van der Waals surface area contributed by atoms with E-state index in [0.717, 1.165) is 63.2 Å². The summed E-state index contributed by atoms with van der Waals surface area (Å²) in [5.41, 5.74) is 7.73. The first-order valence-corrected chi connectivity index (χ1v) is 24.2. The number of para-hydroxylation sites is 2. The van der Waals surface area contributed by atoms with Crippen molar-refractivity contribution in [2.24, 2.45) is 0 Å². The molecule has 7 aromatic carbocycles. The van der Waals surface area contributed by atoms with Crippen LogP contribution < -0.4 is 4.18 Å². The van der Waals surface area contributed by atoms with Crippen molar-refractivity contribution in [3.63, 3.8) is 0 Å². The summed E-state index contributed by atoms with van der Waals surface area (Å²) in [5.74, 6) is -0.504. The van der Waals surface area contributed by atoms with E-state index >= 15 is 0 Å². The number of rotatable bonds is 14. The molecule has 0 aliphatic carbocycles. The number of hydrogen-bond donors (Lipinski definition) is 0. The van der Waals surface area contributed by atoms with Crippen LogP contribution in [-0.4, -0.2) is 33.9 Å². The molecule has 0 radical (unpaired) electrons. The van der Waals surface area contributed by atoms with Gasteiger partial charge in [-0.15, -0.1) is 0 Å². The fraction of sp³-hybridized carbons (Fsp3) is 0.0847. The third-order valence-electron chi connectivity index (χ3n) is 12.2. The molecule has 3 heterocycles. The number of aromatic nitrogens is 4. The van der Waals surface area contributed by atoms with Gasteiger partial charge < -0.3 is 4.18 Å². The fourth-order valence-electron chi connectivity index (χ4n) is 8.63. The van der Waals surface area contributed by atoms with Gasteiger partial charge in [0.2, 0.25) is 0 Å². The zero-order valence-electron chi connectivity index (χ0n) is 37.6. The van der Waals surface area contributed by atoms with E-state index in [1.165, 1.54) is 6.07 Å². The first kappa shape index (κ1) is 45.5. The summed E-state index contributed by atoms with van der Waals surface area (Å²) in [6, 6.07) is 63.3. The molecule has 0 unspecified atom stereocenters. The fourth-order valence-corrected chi connectivity index (χ4v) is 9.10. The summed E-state index contributed by atoms with van der Waals surface area (Å²) in [6.07, 6.45) is 6.46. The molecule has 0 fully saturated rings. The van der Waals surface area contributed by atoms with E-state index in [9.17, 15) is 21.6 Å². The second-order valence-corrected chi connectivity index (χ2v) is 18.4. The summed E-state index contributed by atoms with van der Waals surface area (Å²) in [4.78, 5) is 18.8. The Balaban J connectivity index is 1.05. The zero-order valence-corrected chi connectivity index (χ0v) is 38.4. The lowest BCUT2D eigenvalue weighted by atomic mass is 9.89. The molecule has 0 bridgehead atoms. The minimum atomic E-state index is -6.12. The highest BCUT2D eigenvalue weighted by molar-refractivity contribution is 7.88. The van der Waals surface area contributed by atoms with E-state index in [1.54, 1.807) is 42.7 Å². The summed E-state index contributed by atoms with van der Waals surface area (Å²) < 4.78 is 73.6. The third kappa shape index (κ3) is 10.1. The molecule has 0 aliphatic heterocycles. The van der Waals surface area contributed by atoms with E-state index < -0.39 is 21.4 Å². The van der Waals surface area contributed by atoms with Gasteiger partial charge in [0.05, 0.1) is 33.8 Å². The van der Waals surface area contributed by atoms with Gasteiger partial charge in [-0.1, -0.05) is 152 Å². The molecule has 10 aromatic rings. The van der Waals surface area contributed by atoms with Gasteiger partial charge in [-0.25, -0.2) is 9.97 Å². The van der Waals surface area contributed by atoms with Crippen LogP contribution in [0.15, 0.2) is 213 Å². The third-order valence-corrected chi connectivity index (χ3v) is 13.1. The number of benzene rings is 7. The molecule has 0 amide bonds. The first-order chi connectivity index (χ1) is 34.0. The lowest BCUT2D eigenvalue weighted by Gasteiger charge is -2.18. The number of halogens is 3. The van der Waals surface area contributed by atoms with Crippen molar-refractivity contribution in [1.82, 2.24) is 19.9 Å². The monoisotopic (exact) mass is 944 g/mol. The Labute approximate surface area is 404 Å². The van der Waals surface area contributed by atoms with Crippen molar-refractivity contribution in [3.05, 3.63) is 235 Å². The zero-order chi connectivity index (χ0) is 48.1. The Kier molecular flexibility index (Phi) is 12.8. The van der Waals surface area contributed by atoms with Crippen LogP contribution in [0.3, 0.4) is 0 Å². The van der Waals surface area contributed by atoms with Crippen molar-refractivity contribution in [3.8, 4) is 73.0 Å². The lowest BCUT2D eigenvalue weighted by molar-refractivity contribution is -0.0499. The molecule has 0 atom stereocenters. The van der Waals surface area contributed by atoms with Crippen LogP contribution in [0.25, 0.3) is 78.3 Å². The Morgan fingerprint density at radius 2 is 0.871 bits per heavy atom. The number of aryl methyl sites for hydroxylation is 4. The second-order valence-electron chi connectivity index (χ2n) is 16.9. The van der Waals surface area contributed by atoms with Crippen LogP contribution in [0.1, 0.15) is 22.3 Å². The highest BCUT2D eigenvalue weighted by Crippen LogP contribution is 2.43. The summed E-state index contributed by atoms with van der Waals surface area (Å²) in [5, 5.41) is 0. The molecular formula is C59H43F3N4O3S. The molecule has 3 aromatic heterocycles. The Morgan fingerprint density at radius 3 is 1.40 bits per heavy atom. The van der Waals surface area contributed by atoms with Gasteiger partial charge in [0, 0.05) is 40.2 Å². The number of hydrogen-bond acceptors (Lipinski definition) is 7. The maximum Gasteiger partial charge on any atom is 0.534 e. The topological polar surface area (TPSA) is 94.9 Å². The summed E-state index contributed by atoms with van der Waals surface area (Å²) in [6.45, 7) is 0. The number of alkyl halides is 3. The molecule has 0 saturated carbocycles. The molecular weight excluding hydrogens is 902 g/mol. The standard InChI is InChI=1S/C59H43F3N4O3S/c60-59(61,62)70(67,68)69-56-39-47(58-57(46-12-2-1-3-13-46)65-54-18-6-7-19-55(54)66-58)32-33-51(56)50-15-5-4-14-49(50)48-37-42(22-20-40-24-28-44(29-25-40)52-16-8-10-34-63-52)36-43(38-48)23-21-41-26-30-45(31-27-41)53-17-9-11-35-64-53/h1-19,24-39H,20-23H2. The van der Waals surface area contributed by atoms with Crippen LogP contribution >= 0.6 is 0 Å². The van der Waals surface area contributed by atoms with E-state index in [-0.39, 0.29) is 5.56 Å². The SMILES string of the molecule is O=S(=O)(Oc1cc(-c2nc3ccccc3nc2-c2ccccc2)ccc1-c1ccccc1-c1cc(CCc2ccc(-c3ccccn3)cc2)cc(CCc2ccc(-c3ccccn3)cc2)c1)C(F)(F)F. The molecule has 344 valence electrons. The number of fused-ring (bicyclic) bond motifs is 1. The molecule has 11 heteroatoms. The van der Waals surface area contributed by atoms with E-state index in [0.29, 0.717) is 57.5 Å². The highest BCUT2D eigenvalue weighted by atomic mass is 32.2. The summed E-state index contributed by atoms with van der Waals surface area (Å²) >= 11 is 0. The Hall–Kier alpha value is -8.28. The maximum atomic E-state index is 14.2. The van der Waals surface area contributed by atoms with Crippen LogP contribution in [-0.2, 0) is 35.8 Å². The minimum absolute atomic E-state index is 0.148. The smallest absolute Gasteiger partial charge is 0.375 e. The van der Waals surface area contributed by atoms with Crippen molar-refractivity contribution in [2.75, 3.05) is 0 Å². The first-order valence-electron chi connectivity index (χ1n) is 22.8. The molecule has 0 aliphatic rings. The molecule has 0 saturated heterocycles. The van der Waals surface area contributed by atoms with Crippen LogP contribution in [0.2, 0.25) is 0 Å².